The van der Waals surface area contributed by atoms with Gasteiger partial charge in [-0.2, -0.15) is 0 Å². The van der Waals surface area contributed by atoms with Crippen LogP contribution in [0.2, 0.25) is 0 Å². The van der Waals surface area contributed by atoms with Crippen LogP contribution in [-0.2, 0) is 0 Å². The lowest BCUT2D eigenvalue weighted by Gasteiger charge is -2.26. The molecule has 2 rings (SSSR count). The molecular formula is C11H15IOS. The molecule has 78 valence electrons. The van der Waals surface area contributed by atoms with E-state index in [-0.39, 0.29) is 6.10 Å². The Bertz CT molecular complexity index is 291. The van der Waals surface area contributed by atoms with E-state index in [4.69, 9.17) is 0 Å². The third kappa shape index (κ3) is 2.49. The summed E-state index contributed by atoms with van der Waals surface area (Å²) in [6.07, 6.45) is 6.13. The van der Waals surface area contributed by atoms with E-state index in [1.54, 1.807) is 11.3 Å². The maximum atomic E-state index is 10.2. The van der Waals surface area contributed by atoms with Crippen molar-refractivity contribution in [3.05, 3.63) is 19.9 Å². The first-order valence-corrected chi connectivity index (χ1v) is 7.15. The number of hydrogen-bond donors (Lipinski definition) is 1. The second kappa shape index (κ2) is 4.94. The van der Waals surface area contributed by atoms with Crippen molar-refractivity contribution in [2.75, 3.05) is 0 Å². The van der Waals surface area contributed by atoms with Crippen molar-refractivity contribution >= 4 is 33.9 Å². The summed E-state index contributed by atoms with van der Waals surface area (Å²) >= 11 is 4.04. The van der Waals surface area contributed by atoms with Gasteiger partial charge in [0.1, 0.15) is 0 Å². The van der Waals surface area contributed by atoms with Crippen LogP contribution in [0.3, 0.4) is 0 Å². The Morgan fingerprint density at radius 2 is 2.07 bits per heavy atom. The maximum Gasteiger partial charge on any atom is 0.0826 e. The molecular weight excluding hydrogens is 307 g/mol. The van der Waals surface area contributed by atoms with Gasteiger partial charge in [0.15, 0.2) is 0 Å². The molecule has 1 aromatic rings. The Hall–Kier alpha value is 0.390. The van der Waals surface area contributed by atoms with Crippen molar-refractivity contribution in [1.82, 2.24) is 0 Å². The summed E-state index contributed by atoms with van der Waals surface area (Å²) in [5, 5.41) is 12.3. The molecule has 1 N–H and O–H groups in total. The molecule has 1 aromatic heterocycles. The van der Waals surface area contributed by atoms with Crippen LogP contribution in [0.5, 0.6) is 0 Å². The van der Waals surface area contributed by atoms with Crippen molar-refractivity contribution in [2.24, 2.45) is 5.92 Å². The van der Waals surface area contributed by atoms with Gasteiger partial charge in [0.05, 0.1) is 8.99 Å². The largest absolute Gasteiger partial charge is 0.388 e. The van der Waals surface area contributed by atoms with Gasteiger partial charge in [-0.3, -0.25) is 0 Å². The van der Waals surface area contributed by atoms with Gasteiger partial charge < -0.3 is 5.11 Å². The van der Waals surface area contributed by atoms with Crippen LogP contribution in [0.25, 0.3) is 0 Å². The number of hydrogen-bond acceptors (Lipinski definition) is 2. The molecule has 0 radical (unpaired) electrons. The standard InChI is InChI=1S/C11H15IOS/c12-10-6-9(7-14-10)11(13)8-4-2-1-3-5-8/h6-8,11,13H,1-5H2. The zero-order valence-electron chi connectivity index (χ0n) is 8.08. The summed E-state index contributed by atoms with van der Waals surface area (Å²) < 4.78 is 1.27. The van der Waals surface area contributed by atoms with E-state index in [2.05, 4.69) is 34.0 Å². The number of rotatable bonds is 2. The summed E-state index contributed by atoms with van der Waals surface area (Å²) in [6, 6.07) is 2.12. The number of halogens is 1. The second-order valence-corrected chi connectivity index (χ2v) is 6.83. The first-order chi connectivity index (χ1) is 6.77. The molecule has 1 fully saturated rings. The number of aliphatic hydroxyl groups excluding tert-OH is 1. The van der Waals surface area contributed by atoms with E-state index in [0.29, 0.717) is 5.92 Å². The summed E-state index contributed by atoms with van der Waals surface area (Å²) in [7, 11) is 0. The van der Waals surface area contributed by atoms with Crippen LogP contribution in [0, 0.1) is 8.80 Å². The first kappa shape index (κ1) is 10.9. The molecule has 1 atom stereocenters. The summed E-state index contributed by atoms with van der Waals surface area (Å²) in [4.78, 5) is 0. The van der Waals surface area contributed by atoms with Crippen molar-refractivity contribution in [3.63, 3.8) is 0 Å². The Morgan fingerprint density at radius 1 is 1.36 bits per heavy atom. The fraction of sp³-hybridized carbons (Fsp3) is 0.636. The van der Waals surface area contributed by atoms with Crippen molar-refractivity contribution < 1.29 is 5.11 Å². The molecule has 0 aliphatic heterocycles. The molecule has 0 aromatic carbocycles. The molecule has 14 heavy (non-hydrogen) atoms. The molecule has 0 spiro atoms. The lowest BCUT2D eigenvalue weighted by Crippen LogP contribution is -2.15. The molecule has 1 saturated carbocycles. The molecule has 1 aliphatic carbocycles. The van der Waals surface area contributed by atoms with Crippen LogP contribution in [0.15, 0.2) is 11.4 Å². The van der Waals surface area contributed by atoms with Crippen LogP contribution < -0.4 is 0 Å². The fourth-order valence-corrected chi connectivity index (χ4v) is 3.60. The zero-order valence-corrected chi connectivity index (χ0v) is 11.1. The van der Waals surface area contributed by atoms with Gasteiger partial charge in [0.2, 0.25) is 0 Å². The third-order valence-electron chi connectivity index (χ3n) is 3.03. The fourth-order valence-electron chi connectivity index (χ4n) is 2.20. The SMILES string of the molecule is OC(c1csc(I)c1)C1CCCCC1. The minimum atomic E-state index is -0.213. The molecule has 0 amide bonds. The van der Waals surface area contributed by atoms with E-state index in [1.165, 1.54) is 35.0 Å². The summed E-state index contributed by atoms with van der Waals surface area (Å²) in [5.74, 6) is 0.508. The van der Waals surface area contributed by atoms with E-state index in [0.717, 1.165) is 5.56 Å². The quantitative estimate of drug-likeness (QED) is 0.817. The Balaban J connectivity index is 2.03. The second-order valence-electron chi connectivity index (χ2n) is 4.03. The summed E-state index contributed by atoms with van der Waals surface area (Å²) in [6.45, 7) is 0. The smallest absolute Gasteiger partial charge is 0.0826 e. The topological polar surface area (TPSA) is 20.2 Å². The Labute approximate surface area is 103 Å². The van der Waals surface area contributed by atoms with Crippen LogP contribution in [0.1, 0.15) is 43.8 Å². The average Bonchev–Trinajstić information content (AvgIpc) is 2.65. The van der Waals surface area contributed by atoms with Gasteiger partial charge in [-0.1, -0.05) is 19.3 Å². The van der Waals surface area contributed by atoms with Gasteiger partial charge in [-0.25, -0.2) is 0 Å². The Morgan fingerprint density at radius 3 is 2.64 bits per heavy atom. The van der Waals surface area contributed by atoms with E-state index < -0.39 is 0 Å². The molecule has 1 aliphatic rings. The van der Waals surface area contributed by atoms with Gasteiger partial charge >= 0.3 is 0 Å². The van der Waals surface area contributed by atoms with Gasteiger partial charge in [0, 0.05) is 0 Å². The first-order valence-electron chi connectivity index (χ1n) is 5.19. The molecule has 1 heterocycles. The average molecular weight is 322 g/mol. The van der Waals surface area contributed by atoms with E-state index >= 15 is 0 Å². The highest BCUT2D eigenvalue weighted by Crippen LogP contribution is 2.35. The molecule has 1 nitrogen and oxygen atoms in total. The zero-order chi connectivity index (χ0) is 9.97. The predicted molar refractivity (Wildman–Crippen MR) is 68.6 cm³/mol. The van der Waals surface area contributed by atoms with Gasteiger partial charge in [-0.05, 0) is 58.4 Å². The van der Waals surface area contributed by atoms with E-state index in [1.807, 2.05) is 0 Å². The monoisotopic (exact) mass is 322 g/mol. The van der Waals surface area contributed by atoms with Crippen molar-refractivity contribution in [3.8, 4) is 0 Å². The molecule has 0 bridgehead atoms. The lowest BCUT2D eigenvalue weighted by atomic mass is 9.83. The van der Waals surface area contributed by atoms with Crippen LogP contribution in [-0.4, -0.2) is 5.11 Å². The highest BCUT2D eigenvalue weighted by atomic mass is 127. The van der Waals surface area contributed by atoms with Crippen molar-refractivity contribution in [1.29, 1.82) is 0 Å². The summed E-state index contributed by atoms with van der Waals surface area (Å²) in [5.41, 5.74) is 1.13. The normalized spacial score (nSPS) is 21.0. The lowest BCUT2D eigenvalue weighted by molar-refractivity contribution is 0.0852. The minimum Gasteiger partial charge on any atom is -0.388 e. The van der Waals surface area contributed by atoms with E-state index in [9.17, 15) is 5.11 Å². The number of aliphatic hydroxyl groups is 1. The molecule has 0 saturated heterocycles. The Kier molecular flexibility index (Phi) is 3.85. The van der Waals surface area contributed by atoms with Crippen LogP contribution >= 0.6 is 33.9 Å². The molecule has 1 unspecified atom stereocenters. The molecule has 3 heteroatoms. The van der Waals surface area contributed by atoms with Crippen molar-refractivity contribution in [2.45, 2.75) is 38.2 Å². The maximum absolute atomic E-state index is 10.2. The highest BCUT2D eigenvalue weighted by Gasteiger charge is 2.23. The minimum absolute atomic E-state index is 0.213. The van der Waals surface area contributed by atoms with Gasteiger partial charge in [0.25, 0.3) is 0 Å². The van der Waals surface area contributed by atoms with Crippen LogP contribution in [0.4, 0.5) is 0 Å². The predicted octanol–water partition coefficient (Wildman–Crippen LogP) is 3.97. The highest BCUT2D eigenvalue weighted by molar-refractivity contribution is 14.1. The third-order valence-corrected chi connectivity index (χ3v) is 4.83. The van der Waals surface area contributed by atoms with Gasteiger partial charge in [-0.15, -0.1) is 11.3 Å². The number of thiophene rings is 1.